The molecular weight excluding hydrogens is 263 g/mol. The van der Waals surface area contributed by atoms with Crippen molar-refractivity contribution in [2.24, 2.45) is 5.41 Å². The van der Waals surface area contributed by atoms with E-state index in [2.05, 4.69) is 31.0 Å². The van der Waals surface area contributed by atoms with Crippen LogP contribution in [0.3, 0.4) is 0 Å². The maximum atomic E-state index is 14.4. The first-order valence-electron chi connectivity index (χ1n) is 6.80. The largest absolute Gasteiger partial charge is 0.314 e. The fourth-order valence-electron chi connectivity index (χ4n) is 2.88. The van der Waals surface area contributed by atoms with Gasteiger partial charge in [-0.25, -0.2) is 4.39 Å². The van der Waals surface area contributed by atoms with Crippen LogP contribution in [0.2, 0.25) is 5.02 Å². The van der Waals surface area contributed by atoms with Gasteiger partial charge in [-0.2, -0.15) is 0 Å². The first kappa shape index (κ1) is 14.8. The van der Waals surface area contributed by atoms with Crippen molar-refractivity contribution < 1.29 is 4.39 Å². The zero-order valence-electron chi connectivity index (χ0n) is 11.8. The van der Waals surface area contributed by atoms with Crippen LogP contribution in [-0.2, 0) is 0 Å². The molecular formula is C15H22ClFN2. The third-order valence-electron chi connectivity index (χ3n) is 3.61. The first-order valence-corrected chi connectivity index (χ1v) is 7.18. The van der Waals surface area contributed by atoms with E-state index in [1.165, 1.54) is 0 Å². The Kier molecular flexibility index (Phi) is 4.49. The highest BCUT2D eigenvalue weighted by atomic mass is 35.5. The van der Waals surface area contributed by atoms with E-state index < -0.39 is 0 Å². The molecule has 0 bridgehead atoms. The minimum atomic E-state index is -0.275. The summed E-state index contributed by atoms with van der Waals surface area (Å²) in [5.41, 5.74) is 0.671. The van der Waals surface area contributed by atoms with Gasteiger partial charge in [-0.1, -0.05) is 44.5 Å². The zero-order chi connectivity index (χ0) is 14.0. The van der Waals surface area contributed by atoms with Crippen molar-refractivity contribution in [2.45, 2.75) is 26.8 Å². The Labute approximate surface area is 119 Å². The fourth-order valence-corrected chi connectivity index (χ4v) is 3.06. The Morgan fingerprint density at radius 1 is 1.26 bits per heavy atom. The number of nitrogens with zero attached hydrogens (tertiary/aromatic N) is 1. The maximum Gasteiger partial charge on any atom is 0.146 e. The van der Waals surface area contributed by atoms with Crippen LogP contribution in [-0.4, -0.2) is 31.1 Å². The molecule has 1 saturated heterocycles. The highest BCUT2D eigenvalue weighted by Crippen LogP contribution is 2.40. The van der Waals surface area contributed by atoms with Crippen molar-refractivity contribution in [1.82, 2.24) is 10.2 Å². The fraction of sp³-hybridized carbons (Fsp3) is 0.600. The molecule has 19 heavy (non-hydrogen) atoms. The lowest BCUT2D eigenvalue weighted by atomic mass is 9.80. The molecule has 106 valence electrons. The molecule has 4 heteroatoms. The van der Waals surface area contributed by atoms with Crippen molar-refractivity contribution in [3.05, 3.63) is 34.6 Å². The predicted molar refractivity (Wildman–Crippen MR) is 78.0 cm³/mol. The minimum Gasteiger partial charge on any atom is -0.314 e. The maximum absolute atomic E-state index is 14.4. The van der Waals surface area contributed by atoms with Gasteiger partial charge in [0.1, 0.15) is 5.82 Å². The van der Waals surface area contributed by atoms with E-state index in [0.717, 1.165) is 26.2 Å². The summed E-state index contributed by atoms with van der Waals surface area (Å²) in [4.78, 5) is 2.35. The summed E-state index contributed by atoms with van der Waals surface area (Å²) in [7, 11) is 0. The zero-order valence-corrected chi connectivity index (χ0v) is 12.6. The SMILES string of the molecule is CC(C)(C)[C@@H](c1cccc(Cl)c1F)N1CCNCC1. The van der Waals surface area contributed by atoms with E-state index in [9.17, 15) is 4.39 Å². The molecule has 1 aromatic rings. The Hall–Kier alpha value is -0.640. The number of hydrogen-bond donors (Lipinski definition) is 1. The van der Waals surface area contributed by atoms with E-state index in [-0.39, 0.29) is 22.3 Å². The summed E-state index contributed by atoms with van der Waals surface area (Å²) in [6.07, 6.45) is 0. The molecule has 2 nitrogen and oxygen atoms in total. The van der Waals surface area contributed by atoms with Gasteiger partial charge in [-0.15, -0.1) is 0 Å². The van der Waals surface area contributed by atoms with Gasteiger partial charge in [-0.05, 0) is 11.5 Å². The van der Waals surface area contributed by atoms with Crippen molar-refractivity contribution in [2.75, 3.05) is 26.2 Å². The standard InChI is InChI=1S/C15H22ClFN2/c1-15(2,3)14(19-9-7-18-8-10-19)11-5-4-6-12(16)13(11)17/h4-6,14,18H,7-10H2,1-3H3/t14-/m1/s1. The molecule has 0 saturated carbocycles. The van der Waals surface area contributed by atoms with E-state index in [0.29, 0.717) is 5.56 Å². The van der Waals surface area contributed by atoms with E-state index >= 15 is 0 Å². The van der Waals surface area contributed by atoms with Crippen LogP contribution in [0.5, 0.6) is 0 Å². The van der Waals surface area contributed by atoms with E-state index in [4.69, 9.17) is 11.6 Å². The summed E-state index contributed by atoms with van der Waals surface area (Å²) < 4.78 is 14.4. The van der Waals surface area contributed by atoms with Gasteiger partial charge in [0.05, 0.1) is 5.02 Å². The third kappa shape index (κ3) is 3.28. The average molecular weight is 285 g/mol. The molecule has 0 aromatic heterocycles. The smallest absolute Gasteiger partial charge is 0.146 e. The van der Waals surface area contributed by atoms with Crippen LogP contribution >= 0.6 is 11.6 Å². The highest BCUT2D eigenvalue weighted by Gasteiger charge is 2.34. The van der Waals surface area contributed by atoms with E-state index in [1.54, 1.807) is 6.07 Å². The van der Waals surface area contributed by atoms with Gasteiger partial charge in [0.25, 0.3) is 0 Å². The van der Waals surface area contributed by atoms with Gasteiger partial charge in [-0.3, -0.25) is 4.90 Å². The predicted octanol–water partition coefficient (Wildman–Crippen LogP) is 3.47. The second kappa shape index (κ2) is 5.78. The number of hydrogen-bond acceptors (Lipinski definition) is 2. The average Bonchev–Trinajstić information content (AvgIpc) is 2.35. The Morgan fingerprint density at radius 3 is 2.47 bits per heavy atom. The molecule has 0 amide bonds. The van der Waals surface area contributed by atoms with Crippen molar-refractivity contribution >= 4 is 11.6 Å². The topological polar surface area (TPSA) is 15.3 Å². The van der Waals surface area contributed by atoms with Crippen molar-refractivity contribution in [3.63, 3.8) is 0 Å². The van der Waals surface area contributed by atoms with Gasteiger partial charge < -0.3 is 5.32 Å². The molecule has 2 rings (SSSR count). The van der Waals surface area contributed by atoms with Crippen LogP contribution in [0.15, 0.2) is 18.2 Å². The lowest BCUT2D eigenvalue weighted by molar-refractivity contribution is 0.0835. The Morgan fingerprint density at radius 2 is 1.89 bits per heavy atom. The number of halogens is 2. The second-order valence-electron chi connectivity index (χ2n) is 6.20. The highest BCUT2D eigenvalue weighted by molar-refractivity contribution is 6.30. The van der Waals surface area contributed by atoms with Crippen LogP contribution in [0.25, 0.3) is 0 Å². The third-order valence-corrected chi connectivity index (χ3v) is 3.91. The van der Waals surface area contributed by atoms with Crippen LogP contribution < -0.4 is 5.32 Å². The minimum absolute atomic E-state index is 0.0388. The van der Waals surface area contributed by atoms with Gasteiger partial charge >= 0.3 is 0 Å². The van der Waals surface area contributed by atoms with Gasteiger partial charge in [0.15, 0.2) is 0 Å². The second-order valence-corrected chi connectivity index (χ2v) is 6.60. The number of benzene rings is 1. The molecule has 1 heterocycles. The summed E-state index contributed by atoms with van der Waals surface area (Å²) in [5.74, 6) is -0.275. The molecule has 0 unspecified atom stereocenters. The summed E-state index contributed by atoms with van der Waals surface area (Å²) in [6.45, 7) is 10.2. The van der Waals surface area contributed by atoms with Crippen molar-refractivity contribution in [1.29, 1.82) is 0 Å². The van der Waals surface area contributed by atoms with Crippen LogP contribution in [0, 0.1) is 11.2 Å². The normalized spacial score (nSPS) is 19.4. The van der Waals surface area contributed by atoms with Gasteiger partial charge in [0.2, 0.25) is 0 Å². The van der Waals surface area contributed by atoms with Crippen LogP contribution in [0.4, 0.5) is 4.39 Å². The quantitative estimate of drug-likeness (QED) is 0.895. The lowest BCUT2D eigenvalue weighted by Gasteiger charge is -2.42. The molecule has 1 aliphatic heterocycles. The summed E-state index contributed by atoms with van der Waals surface area (Å²) >= 11 is 5.94. The Bertz CT molecular complexity index is 436. The summed E-state index contributed by atoms with van der Waals surface area (Å²) in [6, 6.07) is 5.35. The number of rotatable bonds is 2. The Balaban J connectivity index is 2.40. The molecule has 1 N–H and O–H groups in total. The van der Waals surface area contributed by atoms with Crippen molar-refractivity contribution in [3.8, 4) is 0 Å². The molecule has 1 atom stereocenters. The van der Waals surface area contributed by atoms with E-state index in [1.807, 2.05) is 12.1 Å². The molecule has 1 fully saturated rings. The molecule has 0 aliphatic carbocycles. The molecule has 1 aliphatic rings. The molecule has 0 spiro atoms. The number of nitrogens with one attached hydrogen (secondary N) is 1. The van der Waals surface area contributed by atoms with Gasteiger partial charge in [0, 0.05) is 37.8 Å². The van der Waals surface area contributed by atoms with Crippen LogP contribution in [0.1, 0.15) is 32.4 Å². The molecule has 0 radical (unpaired) electrons. The lowest BCUT2D eigenvalue weighted by Crippen LogP contribution is -2.48. The first-order chi connectivity index (χ1) is 8.91. The summed E-state index contributed by atoms with van der Waals surface area (Å²) in [5, 5.41) is 3.55. The number of piperazine rings is 1. The molecule has 1 aromatic carbocycles. The monoisotopic (exact) mass is 284 g/mol.